The van der Waals surface area contributed by atoms with Gasteiger partial charge in [0.25, 0.3) is 0 Å². The van der Waals surface area contributed by atoms with E-state index in [1.54, 1.807) is 6.08 Å². The van der Waals surface area contributed by atoms with E-state index in [-0.39, 0.29) is 53.4 Å². The van der Waals surface area contributed by atoms with E-state index in [1.807, 2.05) is 40.7 Å². The Morgan fingerprint density at radius 2 is 1.92 bits per heavy atom. The number of fused-ring (bicyclic) bond motifs is 1. The van der Waals surface area contributed by atoms with E-state index in [2.05, 4.69) is 0 Å². The molecule has 0 N–H and O–H groups in total. The van der Waals surface area contributed by atoms with Crippen molar-refractivity contribution in [1.29, 1.82) is 0 Å². The molecule has 0 aromatic heterocycles. The molecule has 1 aliphatic carbocycles. The second-order valence-electron chi connectivity index (χ2n) is 8.08. The Hall–Kier alpha value is -1.65. The fourth-order valence-electron chi connectivity index (χ4n) is 3.75. The van der Waals surface area contributed by atoms with Crippen molar-refractivity contribution in [2.75, 3.05) is 0 Å². The monoisotopic (exact) mass is 350 g/mol. The average molecular weight is 350 g/mol. The van der Waals surface area contributed by atoms with Gasteiger partial charge in [0.05, 0.1) is 5.92 Å². The van der Waals surface area contributed by atoms with Crippen LogP contribution in [-0.2, 0) is 23.9 Å². The summed E-state index contributed by atoms with van der Waals surface area (Å²) in [6.07, 6.45) is 4.13. The van der Waals surface area contributed by atoms with Crippen LogP contribution in [0.5, 0.6) is 0 Å². The van der Waals surface area contributed by atoms with E-state index in [4.69, 9.17) is 9.47 Å². The van der Waals surface area contributed by atoms with Gasteiger partial charge < -0.3 is 9.47 Å². The van der Waals surface area contributed by atoms with Gasteiger partial charge in [-0.15, -0.1) is 0 Å². The molecule has 6 atom stereocenters. The molecule has 0 aromatic rings. The third-order valence-corrected chi connectivity index (χ3v) is 5.20. The van der Waals surface area contributed by atoms with Gasteiger partial charge in [-0.1, -0.05) is 40.7 Å². The van der Waals surface area contributed by atoms with E-state index in [1.165, 1.54) is 0 Å². The summed E-state index contributed by atoms with van der Waals surface area (Å²) in [4.78, 5) is 36.7. The third kappa shape index (κ3) is 4.93. The first-order chi connectivity index (χ1) is 11.7. The van der Waals surface area contributed by atoms with E-state index in [9.17, 15) is 14.4 Å². The summed E-state index contributed by atoms with van der Waals surface area (Å²) in [5.41, 5.74) is 0. The molecule has 0 bridgehead atoms. The summed E-state index contributed by atoms with van der Waals surface area (Å²) < 4.78 is 11.4. The van der Waals surface area contributed by atoms with Gasteiger partial charge >= 0.3 is 11.9 Å². The Morgan fingerprint density at radius 1 is 1.24 bits per heavy atom. The van der Waals surface area contributed by atoms with Crippen molar-refractivity contribution in [2.24, 2.45) is 29.6 Å². The van der Waals surface area contributed by atoms with E-state index in [0.717, 1.165) is 0 Å². The van der Waals surface area contributed by atoms with Crippen LogP contribution in [0.4, 0.5) is 0 Å². The molecule has 0 amide bonds. The lowest BCUT2D eigenvalue weighted by Gasteiger charge is -2.31. The van der Waals surface area contributed by atoms with Crippen molar-refractivity contribution in [3.63, 3.8) is 0 Å². The Labute approximate surface area is 150 Å². The molecule has 140 valence electrons. The van der Waals surface area contributed by atoms with Crippen molar-refractivity contribution in [3.8, 4) is 0 Å². The highest BCUT2D eigenvalue weighted by Crippen LogP contribution is 2.38. The Kier molecular flexibility index (Phi) is 6.42. The van der Waals surface area contributed by atoms with Crippen molar-refractivity contribution < 1.29 is 23.9 Å². The maximum Gasteiger partial charge on any atom is 0.309 e. The zero-order valence-corrected chi connectivity index (χ0v) is 15.9. The Morgan fingerprint density at radius 3 is 2.56 bits per heavy atom. The minimum Gasteiger partial charge on any atom is -0.462 e. The summed E-state index contributed by atoms with van der Waals surface area (Å²) in [6.45, 7) is 9.60. The Bertz CT molecular complexity index is 550. The van der Waals surface area contributed by atoms with Crippen LogP contribution in [0.15, 0.2) is 12.2 Å². The summed E-state index contributed by atoms with van der Waals surface area (Å²) >= 11 is 0. The van der Waals surface area contributed by atoms with Gasteiger partial charge in [0.2, 0.25) is 0 Å². The molecule has 5 nitrogen and oxygen atoms in total. The first-order valence-corrected chi connectivity index (χ1v) is 9.31. The van der Waals surface area contributed by atoms with E-state index >= 15 is 0 Å². The molecule has 1 fully saturated rings. The lowest BCUT2D eigenvalue weighted by molar-refractivity contribution is -0.156. The molecule has 0 radical (unpaired) electrons. The van der Waals surface area contributed by atoms with Crippen LogP contribution in [0.2, 0.25) is 0 Å². The molecule has 0 aromatic carbocycles. The van der Waals surface area contributed by atoms with Crippen LogP contribution in [-0.4, -0.2) is 29.9 Å². The van der Waals surface area contributed by atoms with Crippen LogP contribution in [0, 0.1) is 29.6 Å². The zero-order chi connectivity index (χ0) is 18.7. The van der Waals surface area contributed by atoms with Gasteiger partial charge in [-0.05, 0) is 30.8 Å². The molecular formula is C20H30O5. The van der Waals surface area contributed by atoms with Crippen molar-refractivity contribution in [1.82, 2.24) is 0 Å². The highest BCUT2D eigenvalue weighted by Gasteiger charge is 2.48. The van der Waals surface area contributed by atoms with Crippen LogP contribution < -0.4 is 0 Å². The van der Waals surface area contributed by atoms with E-state index in [0.29, 0.717) is 19.3 Å². The molecule has 5 heteroatoms. The standard InChI is InChI=1S/C20H30O5/c1-11(2)8-18(22)24-17-10-13(4)15(21)7-6-12(3)9-16-19(17)14(5)20(23)25-16/h6-7,11-14,16-17,19H,8-10H2,1-5H3/b7-6-/t12-,13+,14?,16-,17-,19+/m1/s1. The average Bonchev–Trinajstić information content (AvgIpc) is 2.77. The lowest BCUT2D eigenvalue weighted by atomic mass is 9.78. The topological polar surface area (TPSA) is 69.7 Å². The number of carbonyl (C=O) groups is 3. The predicted octanol–water partition coefficient (Wildman–Crippen LogP) is 3.31. The quantitative estimate of drug-likeness (QED) is 0.730. The fourth-order valence-corrected chi connectivity index (χ4v) is 3.75. The fraction of sp³-hybridized carbons (Fsp3) is 0.750. The number of ether oxygens (including phenoxy) is 2. The first-order valence-electron chi connectivity index (χ1n) is 9.31. The van der Waals surface area contributed by atoms with Gasteiger partial charge in [-0.3, -0.25) is 14.4 Å². The largest absolute Gasteiger partial charge is 0.462 e. The maximum atomic E-state index is 12.3. The van der Waals surface area contributed by atoms with Crippen molar-refractivity contribution in [3.05, 3.63) is 12.2 Å². The zero-order valence-electron chi connectivity index (χ0n) is 15.9. The smallest absolute Gasteiger partial charge is 0.309 e. The number of allylic oxidation sites excluding steroid dienone is 2. The van der Waals surface area contributed by atoms with Crippen LogP contribution in [0.25, 0.3) is 0 Å². The normalized spacial score (nSPS) is 37.4. The molecule has 1 heterocycles. The Balaban J connectivity index is 2.29. The number of rotatable bonds is 3. The molecule has 25 heavy (non-hydrogen) atoms. The number of hydrogen-bond acceptors (Lipinski definition) is 5. The van der Waals surface area contributed by atoms with Crippen molar-refractivity contribution in [2.45, 2.75) is 66.1 Å². The van der Waals surface area contributed by atoms with Gasteiger partial charge in [0.1, 0.15) is 12.2 Å². The molecule has 2 rings (SSSR count). The number of hydrogen-bond donors (Lipinski definition) is 0. The first kappa shape index (κ1) is 19.7. The van der Waals surface area contributed by atoms with Crippen LogP contribution in [0.3, 0.4) is 0 Å². The molecular weight excluding hydrogens is 320 g/mol. The van der Waals surface area contributed by atoms with Gasteiger partial charge in [-0.25, -0.2) is 0 Å². The van der Waals surface area contributed by atoms with Gasteiger partial charge in [-0.2, -0.15) is 0 Å². The van der Waals surface area contributed by atoms with Crippen molar-refractivity contribution >= 4 is 17.7 Å². The summed E-state index contributed by atoms with van der Waals surface area (Å²) in [6, 6.07) is 0. The van der Waals surface area contributed by atoms with Gasteiger partial charge in [0.15, 0.2) is 5.78 Å². The van der Waals surface area contributed by atoms with Crippen LogP contribution in [0.1, 0.15) is 53.9 Å². The summed E-state index contributed by atoms with van der Waals surface area (Å²) in [7, 11) is 0. The number of esters is 2. The highest BCUT2D eigenvalue weighted by atomic mass is 16.6. The van der Waals surface area contributed by atoms with Gasteiger partial charge in [0, 0.05) is 18.3 Å². The number of ketones is 1. The summed E-state index contributed by atoms with van der Waals surface area (Å²) in [5, 5.41) is 0. The third-order valence-electron chi connectivity index (χ3n) is 5.20. The molecule has 1 saturated heterocycles. The van der Waals surface area contributed by atoms with Crippen LogP contribution >= 0.6 is 0 Å². The molecule has 1 unspecified atom stereocenters. The maximum absolute atomic E-state index is 12.3. The summed E-state index contributed by atoms with van der Waals surface area (Å²) in [5.74, 6) is -0.960. The minimum atomic E-state index is -0.477. The molecule has 0 spiro atoms. The SMILES string of the molecule is CC(C)CC(=O)O[C@@H]1C[C@H](C)C(=O)/C=C\[C@@H](C)C[C@H]2OC(=O)C(C)[C@H]12. The molecule has 0 saturated carbocycles. The highest BCUT2D eigenvalue weighted by molar-refractivity contribution is 5.91. The second kappa shape index (κ2) is 8.15. The van der Waals surface area contributed by atoms with E-state index < -0.39 is 6.10 Å². The second-order valence-corrected chi connectivity index (χ2v) is 8.08. The number of carbonyl (C=O) groups excluding carboxylic acids is 3. The molecule has 2 aliphatic rings. The molecule has 1 aliphatic heterocycles. The predicted molar refractivity (Wildman–Crippen MR) is 93.6 cm³/mol. The minimum absolute atomic E-state index is 0.0353. The lowest BCUT2D eigenvalue weighted by Crippen LogP contribution is -2.39.